The number of nitrogens with two attached hydrogens (primary N) is 1. The quantitative estimate of drug-likeness (QED) is 0.871. The molecule has 0 fully saturated rings. The average Bonchev–Trinajstić information content (AvgIpc) is 3.13. The van der Waals surface area contributed by atoms with E-state index in [1.165, 1.54) is 10.9 Å². The van der Waals surface area contributed by atoms with E-state index in [1.54, 1.807) is 28.5 Å². The molecule has 1 aromatic heterocycles. The molecule has 0 bridgehead atoms. The number of hydrogen-bond acceptors (Lipinski definition) is 4. The predicted octanol–water partition coefficient (Wildman–Crippen LogP) is 4.62. The van der Waals surface area contributed by atoms with Gasteiger partial charge in [0, 0.05) is 15.8 Å². The Morgan fingerprint density at radius 2 is 2.04 bits per heavy atom. The highest BCUT2D eigenvalue weighted by atomic mass is 32.1. The zero-order chi connectivity index (χ0) is 17.3. The van der Waals surface area contributed by atoms with Crippen molar-refractivity contribution in [1.29, 1.82) is 0 Å². The Bertz CT molecular complexity index is 754. The van der Waals surface area contributed by atoms with Gasteiger partial charge in [-0.15, -0.1) is 16.4 Å². The Hall–Kier alpha value is -1.99. The van der Waals surface area contributed by atoms with E-state index in [-0.39, 0.29) is 18.5 Å². The van der Waals surface area contributed by atoms with E-state index in [1.807, 2.05) is 12.1 Å². The van der Waals surface area contributed by atoms with Crippen LogP contribution in [0.4, 0.5) is 13.2 Å². The molecule has 3 rings (SSSR count). The van der Waals surface area contributed by atoms with Gasteiger partial charge in [0.1, 0.15) is 6.04 Å². The molecular formula is C17H17F3N2OS. The molecule has 1 aliphatic rings. The summed E-state index contributed by atoms with van der Waals surface area (Å²) in [5, 5.41) is 1.61. The molecule has 1 atom stereocenters. The first-order valence-corrected chi connectivity index (χ1v) is 8.35. The van der Waals surface area contributed by atoms with Crippen LogP contribution in [0.5, 0.6) is 0 Å². The summed E-state index contributed by atoms with van der Waals surface area (Å²) in [5.41, 5.74) is 5.62. The van der Waals surface area contributed by atoms with Gasteiger partial charge in [-0.25, -0.2) is 0 Å². The van der Waals surface area contributed by atoms with E-state index in [0.29, 0.717) is 5.56 Å². The second-order valence-corrected chi connectivity index (χ2v) is 6.74. The first-order chi connectivity index (χ1) is 11.4. The molecule has 128 valence electrons. The number of aryl methyl sites for hydroxylation is 1. The van der Waals surface area contributed by atoms with Crippen molar-refractivity contribution in [3.63, 3.8) is 0 Å². The fraction of sp³-hybridized carbons (Fsp3) is 0.294. The predicted molar refractivity (Wildman–Crippen MR) is 86.8 cm³/mol. The third-order valence-corrected chi connectivity index (χ3v) is 5.07. The number of thiophene rings is 1. The lowest BCUT2D eigenvalue weighted by Crippen LogP contribution is -2.23. The van der Waals surface area contributed by atoms with Crippen LogP contribution < -0.4 is 5.73 Å². The zero-order valence-electron chi connectivity index (χ0n) is 13.0. The number of hydrogen-bond donors (Lipinski definition) is 1. The Morgan fingerprint density at radius 3 is 2.71 bits per heavy atom. The summed E-state index contributed by atoms with van der Waals surface area (Å²) in [4.78, 5) is 7.79. The molecule has 7 heteroatoms. The van der Waals surface area contributed by atoms with Gasteiger partial charge in [-0.3, -0.25) is 0 Å². The van der Waals surface area contributed by atoms with Crippen molar-refractivity contribution in [2.75, 3.05) is 0 Å². The van der Waals surface area contributed by atoms with E-state index in [9.17, 15) is 13.2 Å². The summed E-state index contributed by atoms with van der Waals surface area (Å²) in [6.07, 6.45) is -1.65. The summed E-state index contributed by atoms with van der Waals surface area (Å²) < 4.78 is 38.6. The Balaban J connectivity index is 1.81. The molecule has 1 unspecified atom stereocenters. The summed E-state index contributed by atoms with van der Waals surface area (Å²) >= 11 is 1.65. The van der Waals surface area contributed by atoms with Crippen LogP contribution in [0.2, 0.25) is 0 Å². The molecule has 0 spiro atoms. The molecule has 3 nitrogen and oxygen atoms in total. The molecule has 0 saturated carbocycles. The highest BCUT2D eigenvalue weighted by molar-refractivity contribution is 7.12. The lowest BCUT2D eigenvalue weighted by atomic mass is 10.1. The van der Waals surface area contributed by atoms with Crippen LogP contribution in [0.3, 0.4) is 0 Å². The topological polar surface area (TPSA) is 38.5 Å². The number of halogens is 3. The van der Waals surface area contributed by atoms with Gasteiger partial charge >= 0.3 is 6.18 Å². The van der Waals surface area contributed by atoms with Crippen molar-refractivity contribution < 1.29 is 18.0 Å². The van der Waals surface area contributed by atoms with Crippen molar-refractivity contribution in [3.05, 3.63) is 69.2 Å². The van der Waals surface area contributed by atoms with Gasteiger partial charge in [-0.05, 0) is 30.2 Å². The smallest absolute Gasteiger partial charge is 0.387 e. The molecule has 24 heavy (non-hydrogen) atoms. The molecule has 2 aromatic rings. The van der Waals surface area contributed by atoms with Crippen LogP contribution in [0.25, 0.3) is 0 Å². The van der Waals surface area contributed by atoms with Gasteiger partial charge in [0.05, 0.1) is 12.1 Å². The minimum absolute atomic E-state index is 0.190. The second-order valence-electron chi connectivity index (χ2n) is 5.54. The van der Waals surface area contributed by atoms with Crippen molar-refractivity contribution in [2.45, 2.75) is 32.1 Å². The number of hydroxylamine groups is 2. The zero-order valence-corrected chi connectivity index (χ0v) is 13.8. The van der Waals surface area contributed by atoms with Crippen molar-refractivity contribution in [1.82, 2.24) is 5.06 Å². The Kier molecular flexibility index (Phi) is 4.56. The van der Waals surface area contributed by atoms with Crippen LogP contribution >= 0.6 is 11.3 Å². The molecule has 1 aromatic carbocycles. The van der Waals surface area contributed by atoms with Gasteiger partial charge < -0.3 is 10.6 Å². The van der Waals surface area contributed by atoms with E-state index in [4.69, 9.17) is 10.6 Å². The molecule has 0 radical (unpaired) electrons. The standard InChI is InChI=1S/C17H17F3N2OS/c1-2-13-6-7-15(24-13)14-9-16(21)23-22(14)10-11-4-3-5-12(8-11)17(18,19)20/h3-9,14H,2,10,21H2,1H3. The third kappa shape index (κ3) is 3.57. The van der Waals surface area contributed by atoms with Crippen molar-refractivity contribution in [2.24, 2.45) is 5.73 Å². The molecule has 2 heterocycles. The van der Waals surface area contributed by atoms with E-state index in [2.05, 4.69) is 6.92 Å². The van der Waals surface area contributed by atoms with Crippen molar-refractivity contribution in [3.8, 4) is 0 Å². The SMILES string of the molecule is CCc1ccc(C2C=C(N)ON2Cc2cccc(C(F)(F)F)c2)s1. The minimum Gasteiger partial charge on any atom is -0.387 e. The fourth-order valence-corrected chi connectivity index (χ4v) is 3.61. The lowest BCUT2D eigenvalue weighted by molar-refractivity contribution is -0.138. The maximum atomic E-state index is 12.9. The average molecular weight is 354 g/mol. The van der Waals surface area contributed by atoms with Crippen molar-refractivity contribution >= 4 is 11.3 Å². The first-order valence-electron chi connectivity index (χ1n) is 7.53. The molecule has 1 aliphatic heterocycles. The maximum Gasteiger partial charge on any atom is 0.416 e. The highest BCUT2D eigenvalue weighted by Gasteiger charge is 2.32. The van der Waals surface area contributed by atoms with Gasteiger partial charge in [0.2, 0.25) is 5.88 Å². The van der Waals surface area contributed by atoms with Gasteiger partial charge in [0.25, 0.3) is 0 Å². The van der Waals surface area contributed by atoms with Crippen LogP contribution in [-0.2, 0) is 24.0 Å². The number of rotatable bonds is 4. The number of benzene rings is 1. The lowest BCUT2D eigenvalue weighted by Gasteiger charge is -2.22. The van der Waals surface area contributed by atoms with E-state index < -0.39 is 11.7 Å². The summed E-state index contributed by atoms with van der Waals surface area (Å²) in [6, 6.07) is 9.11. The van der Waals surface area contributed by atoms with Gasteiger partial charge in [-0.2, -0.15) is 13.2 Å². The molecular weight excluding hydrogens is 337 g/mol. The summed E-state index contributed by atoms with van der Waals surface area (Å²) in [6.45, 7) is 2.29. The summed E-state index contributed by atoms with van der Waals surface area (Å²) in [7, 11) is 0. The Morgan fingerprint density at radius 1 is 1.25 bits per heavy atom. The fourth-order valence-electron chi connectivity index (χ4n) is 2.59. The van der Waals surface area contributed by atoms with E-state index >= 15 is 0 Å². The van der Waals surface area contributed by atoms with Crippen LogP contribution in [0.1, 0.15) is 33.8 Å². The van der Waals surface area contributed by atoms with Gasteiger partial charge in [-0.1, -0.05) is 25.1 Å². The second kappa shape index (κ2) is 6.49. The molecule has 2 N–H and O–H groups in total. The minimum atomic E-state index is -4.36. The summed E-state index contributed by atoms with van der Waals surface area (Å²) in [5.74, 6) is 0.262. The van der Waals surface area contributed by atoms with E-state index in [0.717, 1.165) is 23.4 Å². The van der Waals surface area contributed by atoms with Gasteiger partial charge in [0.15, 0.2) is 0 Å². The normalized spacial score (nSPS) is 18.5. The largest absolute Gasteiger partial charge is 0.416 e. The maximum absolute atomic E-state index is 12.9. The highest BCUT2D eigenvalue weighted by Crippen LogP contribution is 2.36. The van der Waals surface area contributed by atoms with Crippen LogP contribution in [0.15, 0.2) is 48.4 Å². The molecule has 0 amide bonds. The third-order valence-electron chi connectivity index (χ3n) is 3.77. The monoisotopic (exact) mass is 354 g/mol. The molecule has 0 aliphatic carbocycles. The number of alkyl halides is 3. The number of nitrogens with zero attached hydrogens (tertiary/aromatic N) is 1. The van der Waals surface area contributed by atoms with Crippen LogP contribution in [0, 0.1) is 0 Å². The first kappa shape index (κ1) is 16.9. The molecule has 0 saturated heterocycles. The van der Waals surface area contributed by atoms with Crippen LogP contribution in [-0.4, -0.2) is 5.06 Å². The Labute approximate surface area is 142 Å².